The molecule has 3 rings (SSSR count). The second-order valence-electron chi connectivity index (χ2n) is 6.51. The molecule has 0 saturated heterocycles. The zero-order valence-corrected chi connectivity index (χ0v) is 16.8. The monoisotopic (exact) mass is 407 g/mol. The molecule has 2 aromatic heterocycles. The topological polar surface area (TPSA) is 63.3 Å². The molecule has 0 spiro atoms. The van der Waals surface area contributed by atoms with Crippen molar-refractivity contribution in [1.82, 2.24) is 29.5 Å². The summed E-state index contributed by atoms with van der Waals surface area (Å²) in [5.74, 6) is 2.96. The van der Waals surface area contributed by atoms with Crippen LogP contribution < -0.4 is 5.32 Å². The van der Waals surface area contributed by atoms with Crippen LogP contribution in [0.15, 0.2) is 21.7 Å². The van der Waals surface area contributed by atoms with E-state index in [4.69, 9.17) is 0 Å². The van der Waals surface area contributed by atoms with Gasteiger partial charge in [0.15, 0.2) is 11.8 Å². The molecule has 0 radical (unpaired) electrons. The zero-order valence-electron chi connectivity index (χ0n) is 15.2. The van der Waals surface area contributed by atoms with Crippen molar-refractivity contribution in [3.63, 3.8) is 0 Å². The molecule has 1 aliphatic rings. The molecular weight excluding hydrogens is 382 g/mol. The van der Waals surface area contributed by atoms with Crippen molar-refractivity contribution in [2.24, 2.45) is 12.0 Å². The van der Waals surface area contributed by atoms with Crippen molar-refractivity contribution >= 4 is 21.9 Å². The molecule has 0 bridgehead atoms. The summed E-state index contributed by atoms with van der Waals surface area (Å²) in [5, 5.41) is 12.2. The molecule has 2 aromatic rings. The Balaban J connectivity index is 1.63. The largest absolute Gasteiger partial charge is 0.352 e. The third-order valence-corrected chi connectivity index (χ3v) is 5.07. The van der Waals surface area contributed by atoms with Crippen molar-refractivity contribution in [2.75, 3.05) is 14.1 Å². The van der Waals surface area contributed by atoms with Crippen LogP contribution in [-0.4, -0.2) is 44.3 Å². The Kier molecular flexibility index (Phi) is 5.78. The van der Waals surface area contributed by atoms with Gasteiger partial charge in [0.1, 0.15) is 5.82 Å². The van der Waals surface area contributed by atoms with E-state index in [0.29, 0.717) is 6.54 Å². The van der Waals surface area contributed by atoms with Crippen LogP contribution in [0.3, 0.4) is 0 Å². The molecule has 1 N–H and O–H groups in total. The summed E-state index contributed by atoms with van der Waals surface area (Å²) >= 11 is 3.52. The van der Waals surface area contributed by atoms with Crippen molar-refractivity contribution in [3.05, 3.63) is 34.1 Å². The number of guanidine groups is 1. The molecule has 0 saturated carbocycles. The van der Waals surface area contributed by atoms with Crippen molar-refractivity contribution in [2.45, 2.75) is 45.3 Å². The highest BCUT2D eigenvalue weighted by Gasteiger charge is 2.16. The zero-order chi connectivity index (χ0) is 17.8. The van der Waals surface area contributed by atoms with Crippen LogP contribution in [0.4, 0.5) is 0 Å². The Hall–Kier alpha value is -1.83. The minimum absolute atomic E-state index is 0.640. The minimum atomic E-state index is 0.640. The molecule has 136 valence electrons. The fourth-order valence-corrected chi connectivity index (χ4v) is 3.83. The van der Waals surface area contributed by atoms with Crippen LogP contribution in [0.25, 0.3) is 0 Å². The third kappa shape index (κ3) is 4.23. The van der Waals surface area contributed by atoms with Gasteiger partial charge in [-0.2, -0.15) is 0 Å². The molecule has 0 aliphatic carbocycles. The van der Waals surface area contributed by atoms with Gasteiger partial charge < -0.3 is 19.4 Å². The van der Waals surface area contributed by atoms with Gasteiger partial charge in [-0.1, -0.05) is 6.42 Å². The smallest absolute Gasteiger partial charge is 0.194 e. The fourth-order valence-electron chi connectivity index (χ4n) is 3.26. The molecule has 7 nitrogen and oxygen atoms in total. The van der Waals surface area contributed by atoms with Gasteiger partial charge in [-0.15, -0.1) is 10.2 Å². The van der Waals surface area contributed by atoms with E-state index in [1.807, 2.05) is 14.1 Å². The molecule has 0 fully saturated rings. The van der Waals surface area contributed by atoms with Gasteiger partial charge in [0.25, 0.3) is 0 Å². The standard InChI is InChI=1S/C17H26BrN7/c1-19-17(24(3)12-14-9-13(18)11-23(14)2)20-10-16-22-21-15-7-5-4-6-8-25(15)16/h9,11H,4-8,10,12H2,1-3H3,(H,19,20). The maximum atomic E-state index is 4.40. The van der Waals surface area contributed by atoms with E-state index < -0.39 is 0 Å². The summed E-state index contributed by atoms with van der Waals surface area (Å²) in [6.07, 6.45) is 6.78. The van der Waals surface area contributed by atoms with E-state index in [-0.39, 0.29) is 0 Å². The number of hydrogen-bond donors (Lipinski definition) is 1. The molecule has 0 aromatic carbocycles. The van der Waals surface area contributed by atoms with E-state index in [9.17, 15) is 0 Å². The second kappa shape index (κ2) is 8.03. The van der Waals surface area contributed by atoms with Gasteiger partial charge >= 0.3 is 0 Å². The van der Waals surface area contributed by atoms with Crippen LogP contribution in [0.1, 0.15) is 36.6 Å². The fraction of sp³-hybridized carbons (Fsp3) is 0.588. The predicted molar refractivity (Wildman–Crippen MR) is 102 cm³/mol. The van der Waals surface area contributed by atoms with E-state index in [2.05, 4.69) is 69.8 Å². The number of aryl methyl sites for hydroxylation is 2. The van der Waals surface area contributed by atoms with Gasteiger partial charge in [0, 0.05) is 50.5 Å². The average Bonchev–Trinajstić information content (AvgIpc) is 3.01. The number of fused-ring (bicyclic) bond motifs is 1. The lowest BCUT2D eigenvalue weighted by Crippen LogP contribution is -2.38. The first-order chi connectivity index (χ1) is 12.1. The summed E-state index contributed by atoms with van der Waals surface area (Å²) in [6, 6.07) is 2.13. The minimum Gasteiger partial charge on any atom is -0.352 e. The molecule has 0 atom stereocenters. The number of aliphatic imine (C=N–C) groups is 1. The van der Waals surface area contributed by atoms with E-state index in [0.717, 1.165) is 41.6 Å². The van der Waals surface area contributed by atoms with Gasteiger partial charge in [-0.3, -0.25) is 4.99 Å². The lowest BCUT2D eigenvalue weighted by molar-refractivity contribution is 0.459. The van der Waals surface area contributed by atoms with Gasteiger partial charge in [-0.25, -0.2) is 0 Å². The Morgan fingerprint density at radius 3 is 2.92 bits per heavy atom. The van der Waals surface area contributed by atoms with Crippen LogP contribution in [-0.2, 0) is 33.1 Å². The predicted octanol–water partition coefficient (Wildman–Crippen LogP) is 2.31. The molecule has 3 heterocycles. The first-order valence-electron chi connectivity index (χ1n) is 8.72. The number of hydrogen-bond acceptors (Lipinski definition) is 3. The molecule has 8 heteroatoms. The maximum absolute atomic E-state index is 4.40. The van der Waals surface area contributed by atoms with Crippen LogP contribution in [0.5, 0.6) is 0 Å². The first-order valence-corrected chi connectivity index (χ1v) is 9.51. The van der Waals surface area contributed by atoms with Gasteiger partial charge in [-0.05, 0) is 34.8 Å². The Morgan fingerprint density at radius 2 is 2.20 bits per heavy atom. The highest BCUT2D eigenvalue weighted by Crippen LogP contribution is 2.16. The summed E-state index contributed by atoms with van der Waals surface area (Å²) in [5.41, 5.74) is 1.22. The number of halogens is 1. The Morgan fingerprint density at radius 1 is 1.36 bits per heavy atom. The quantitative estimate of drug-likeness (QED) is 0.623. The Bertz CT molecular complexity index is 746. The van der Waals surface area contributed by atoms with E-state index >= 15 is 0 Å². The Labute approximate surface area is 157 Å². The first kappa shape index (κ1) is 18.0. The highest BCUT2D eigenvalue weighted by molar-refractivity contribution is 9.10. The highest BCUT2D eigenvalue weighted by atomic mass is 79.9. The molecular formula is C17H26BrN7. The lowest BCUT2D eigenvalue weighted by Gasteiger charge is -2.22. The maximum Gasteiger partial charge on any atom is 0.194 e. The number of nitrogens with one attached hydrogen (secondary N) is 1. The number of rotatable bonds is 4. The lowest BCUT2D eigenvalue weighted by atomic mass is 10.2. The van der Waals surface area contributed by atoms with Crippen molar-refractivity contribution < 1.29 is 0 Å². The molecule has 0 unspecified atom stereocenters. The average molecular weight is 408 g/mol. The number of nitrogens with zero attached hydrogens (tertiary/aromatic N) is 6. The molecule has 25 heavy (non-hydrogen) atoms. The van der Waals surface area contributed by atoms with E-state index in [1.54, 1.807) is 0 Å². The van der Waals surface area contributed by atoms with Crippen molar-refractivity contribution in [1.29, 1.82) is 0 Å². The summed E-state index contributed by atoms with van der Waals surface area (Å²) in [7, 11) is 5.90. The number of aromatic nitrogens is 4. The van der Waals surface area contributed by atoms with E-state index in [1.165, 1.54) is 25.0 Å². The third-order valence-electron chi connectivity index (χ3n) is 4.64. The van der Waals surface area contributed by atoms with Crippen molar-refractivity contribution in [3.8, 4) is 0 Å². The van der Waals surface area contributed by atoms with Crippen LogP contribution in [0.2, 0.25) is 0 Å². The van der Waals surface area contributed by atoms with Gasteiger partial charge in [0.05, 0.1) is 13.1 Å². The van der Waals surface area contributed by atoms with Crippen LogP contribution >= 0.6 is 15.9 Å². The van der Waals surface area contributed by atoms with Crippen LogP contribution in [0, 0.1) is 0 Å². The normalized spacial score (nSPS) is 15.0. The SMILES string of the molecule is CN=C(NCc1nnc2n1CCCCC2)N(C)Cc1cc(Br)cn1C. The summed E-state index contributed by atoms with van der Waals surface area (Å²) < 4.78 is 5.47. The molecule has 0 amide bonds. The van der Waals surface area contributed by atoms with Gasteiger partial charge in [0.2, 0.25) is 0 Å². The summed E-state index contributed by atoms with van der Waals surface area (Å²) in [4.78, 5) is 6.52. The summed E-state index contributed by atoms with van der Waals surface area (Å²) in [6.45, 7) is 2.44. The molecule has 1 aliphatic heterocycles. The second-order valence-corrected chi connectivity index (χ2v) is 7.43.